The summed E-state index contributed by atoms with van der Waals surface area (Å²) in [6.07, 6.45) is 4.26. The molecule has 1 heterocycles. The van der Waals surface area contributed by atoms with Gasteiger partial charge in [-0.2, -0.15) is 0 Å². The molecule has 3 rings (SSSR count). The normalized spacial score (nSPS) is 54.3. The van der Waals surface area contributed by atoms with Crippen molar-refractivity contribution in [2.45, 2.75) is 69.1 Å². The Balaban J connectivity index is 2.08. The van der Waals surface area contributed by atoms with Gasteiger partial charge in [0.15, 0.2) is 0 Å². The number of rotatable bonds is 0. The number of halogens is 1. The Kier molecular flexibility index (Phi) is 2.64. The summed E-state index contributed by atoms with van der Waals surface area (Å²) in [6, 6.07) is 0. The summed E-state index contributed by atoms with van der Waals surface area (Å²) in [4.78, 5) is 0.123. The minimum Gasteiger partial charge on any atom is -0.389 e. The van der Waals surface area contributed by atoms with Crippen molar-refractivity contribution >= 4 is 15.9 Å². The lowest BCUT2D eigenvalue weighted by atomic mass is 9.49. The van der Waals surface area contributed by atoms with Crippen LogP contribution >= 0.6 is 15.9 Å². The van der Waals surface area contributed by atoms with Crippen molar-refractivity contribution in [2.75, 3.05) is 0 Å². The van der Waals surface area contributed by atoms with E-state index in [-0.39, 0.29) is 21.8 Å². The molecular formula is C15H23BrO2. The lowest BCUT2D eigenvalue weighted by molar-refractivity contribution is -0.0754. The van der Waals surface area contributed by atoms with Gasteiger partial charge in [0.1, 0.15) is 0 Å². The first-order chi connectivity index (χ1) is 8.22. The van der Waals surface area contributed by atoms with E-state index in [0.29, 0.717) is 12.5 Å². The van der Waals surface area contributed by atoms with Gasteiger partial charge in [0.05, 0.1) is 17.8 Å². The Hall–Kier alpha value is 0.140. The molecule has 2 bridgehead atoms. The van der Waals surface area contributed by atoms with Crippen LogP contribution in [0.3, 0.4) is 0 Å². The molecule has 0 amide bonds. The minimum atomic E-state index is -0.677. The van der Waals surface area contributed by atoms with Gasteiger partial charge in [-0.1, -0.05) is 41.9 Å². The summed E-state index contributed by atoms with van der Waals surface area (Å²) in [7, 11) is 0. The zero-order chi connectivity index (χ0) is 13.3. The molecule has 102 valence electrons. The van der Waals surface area contributed by atoms with Crippen molar-refractivity contribution in [3.63, 3.8) is 0 Å². The molecule has 2 nitrogen and oxygen atoms in total. The van der Waals surface area contributed by atoms with Crippen molar-refractivity contribution in [1.29, 1.82) is 0 Å². The van der Waals surface area contributed by atoms with Crippen molar-refractivity contribution in [2.24, 2.45) is 10.8 Å². The van der Waals surface area contributed by atoms with Crippen LogP contribution in [0.4, 0.5) is 0 Å². The molecule has 18 heavy (non-hydrogen) atoms. The molecule has 0 radical (unpaired) electrons. The highest BCUT2D eigenvalue weighted by atomic mass is 79.9. The minimum absolute atomic E-state index is 0.0479. The predicted molar refractivity (Wildman–Crippen MR) is 75.8 cm³/mol. The molecule has 0 aromatic rings. The van der Waals surface area contributed by atoms with Gasteiger partial charge < -0.3 is 9.84 Å². The van der Waals surface area contributed by atoms with Gasteiger partial charge in [-0.3, -0.25) is 0 Å². The van der Waals surface area contributed by atoms with E-state index >= 15 is 0 Å². The fraction of sp³-hybridized carbons (Fsp3) is 0.867. The average molecular weight is 315 g/mol. The van der Waals surface area contributed by atoms with Crippen LogP contribution in [0.2, 0.25) is 0 Å². The predicted octanol–water partition coefficient (Wildman–Crippen LogP) is 3.42. The van der Waals surface area contributed by atoms with Gasteiger partial charge in [0.2, 0.25) is 0 Å². The monoisotopic (exact) mass is 314 g/mol. The second kappa shape index (κ2) is 3.62. The molecule has 1 aliphatic heterocycles. The van der Waals surface area contributed by atoms with Crippen LogP contribution in [0.25, 0.3) is 0 Å². The summed E-state index contributed by atoms with van der Waals surface area (Å²) >= 11 is 3.70. The Morgan fingerprint density at radius 2 is 1.94 bits per heavy atom. The SMILES string of the molecule is C=C1CC[C@@H]2O[C@H]3C[C@@](C)(O)[C@H](Br)C[C@]13C2(C)C. The number of alkyl halides is 1. The summed E-state index contributed by atoms with van der Waals surface area (Å²) < 4.78 is 6.31. The topological polar surface area (TPSA) is 29.5 Å². The summed E-state index contributed by atoms with van der Waals surface area (Å²) in [6.45, 7) is 10.9. The Labute approximate surface area is 118 Å². The van der Waals surface area contributed by atoms with Crippen LogP contribution in [-0.2, 0) is 4.74 Å². The van der Waals surface area contributed by atoms with Crippen molar-refractivity contribution in [1.82, 2.24) is 0 Å². The first-order valence-electron chi connectivity index (χ1n) is 6.92. The lowest BCUT2D eigenvalue weighted by Gasteiger charge is -2.55. The summed E-state index contributed by atoms with van der Waals surface area (Å²) in [5.41, 5.74) is 0.845. The maximum atomic E-state index is 10.5. The number of aliphatic hydroxyl groups is 1. The zero-order valence-electron chi connectivity index (χ0n) is 11.5. The highest BCUT2D eigenvalue weighted by molar-refractivity contribution is 9.09. The molecule has 0 aromatic carbocycles. The maximum absolute atomic E-state index is 10.5. The lowest BCUT2D eigenvalue weighted by Crippen LogP contribution is -2.57. The van der Waals surface area contributed by atoms with Crippen LogP contribution in [-0.4, -0.2) is 27.7 Å². The number of hydrogen-bond acceptors (Lipinski definition) is 2. The summed E-state index contributed by atoms with van der Waals surface area (Å²) in [5, 5.41) is 10.5. The van der Waals surface area contributed by atoms with E-state index in [0.717, 1.165) is 19.3 Å². The molecule has 3 heteroatoms. The van der Waals surface area contributed by atoms with Crippen LogP contribution in [0.15, 0.2) is 12.2 Å². The van der Waals surface area contributed by atoms with Gasteiger partial charge in [-0.05, 0) is 26.2 Å². The Bertz CT molecular complexity index is 401. The maximum Gasteiger partial charge on any atom is 0.0769 e. The van der Waals surface area contributed by atoms with Gasteiger partial charge in [0.25, 0.3) is 0 Å². The Morgan fingerprint density at radius 1 is 1.28 bits per heavy atom. The van der Waals surface area contributed by atoms with E-state index in [2.05, 4.69) is 36.4 Å². The van der Waals surface area contributed by atoms with E-state index < -0.39 is 5.60 Å². The van der Waals surface area contributed by atoms with Crippen LogP contribution in [0.1, 0.15) is 46.5 Å². The fourth-order valence-electron chi connectivity index (χ4n) is 4.59. The van der Waals surface area contributed by atoms with Gasteiger partial charge in [-0.25, -0.2) is 0 Å². The van der Waals surface area contributed by atoms with E-state index in [9.17, 15) is 5.11 Å². The van der Waals surface area contributed by atoms with Crippen molar-refractivity contribution in [3.8, 4) is 0 Å². The first kappa shape index (κ1) is 13.1. The van der Waals surface area contributed by atoms with E-state index in [4.69, 9.17) is 4.74 Å². The second-order valence-corrected chi connectivity index (χ2v) is 8.29. The molecule has 2 saturated carbocycles. The average Bonchev–Trinajstić information content (AvgIpc) is 2.38. The second-order valence-electron chi connectivity index (χ2n) is 7.18. The molecule has 3 fully saturated rings. The Morgan fingerprint density at radius 3 is 2.61 bits per heavy atom. The molecule has 5 atom stereocenters. The number of hydrogen-bond donors (Lipinski definition) is 1. The number of ether oxygens (including phenoxy) is 1. The van der Waals surface area contributed by atoms with Gasteiger partial charge >= 0.3 is 0 Å². The van der Waals surface area contributed by atoms with Crippen molar-refractivity contribution < 1.29 is 9.84 Å². The number of fused-ring (bicyclic) bond motifs is 1. The zero-order valence-corrected chi connectivity index (χ0v) is 13.1. The third-order valence-electron chi connectivity index (χ3n) is 5.95. The third kappa shape index (κ3) is 1.36. The molecule has 1 spiro atoms. The molecule has 0 unspecified atom stereocenters. The highest BCUT2D eigenvalue weighted by Gasteiger charge is 2.68. The van der Waals surface area contributed by atoms with E-state index in [1.807, 2.05) is 6.92 Å². The summed E-state index contributed by atoms with van der Waals surface area (Å²) in [5.74, 6) is 0. The van der Waals surface area contributed by atoms with Crippen LogP contribution in [0.5, 0.6) is 0 Å². The smallest absolute Gasteiger partial charge is 0.0769 e. The fourth-order valence-corrected chi connectivity index (χ4v) is 5.29. The third-order valence-corrected chi connectivity index (χ3v) is 7.26. The molecule has 0 aromatic heterocycles. The van der Waals surface area contributed by atoms with Gasteiger partial charge in [0, 0.05) is 22.1 Å². The molecule has 1 N–H and O–H groups in total. The van der Waals surface area contributed by atoms with Crippen molar-refractivity contribution in [3.05, 3.63) is 12.2 Å². The molecule has 3 aliphatic rings. The first-order valence-corrected chi connectivity index (χ1v) is 7.83. The molecule has 1 saturated heterocycles. The molecular weight excluding hydrogens is 292 g/mol. The van der Waals surface area contributed by atoms with Gasteiger partial charge in [-0.15, -0.1) is 0 Å². The highest BCUT2D eigenvalue weighted by Crippen LogP contribution is 2.67. The quantitative estimate of drug-likeness (QED) is 0.548. The van der Waals surface area contributed by atoms with Crippen LogP contribution in [0, 0.1) is 10.8 Å². The standard InChI is InChI=1S/C15H23BrO2/c1-9-5-6-11-13(2,3)15(9)7-10(16)14(4,17)8-12(15)18-11/h10-12,17H,1,5-8H2,2-4H3/t10-,11+,12+,14-,15+/m1/s1. The van der Waals surface area contributed by atoms with E-state index in [1.54, 1.807) is 0 Å². The largest absolute Gasteiger partial charge is 0.389 e. The molecule has 2 aliphatic carbocycles. The van der Waals surface area contributed by atoms with Crippen LogP contribution < -0.4 is 0 Å². The van der Waals surface area contributed by atoms with E-state index in [1.165, 1.54) is 5.57 Å².